The van der Waals surface area contributed by atoms with E-state index in [1.165, 1.54) is 0 Å². The summed E-state index contributed by atoms with van der Waals surface area (Å²) in [6.07, 6.45) is -3.70. The first-order valence-electron chi connectivity index (χ1n) is 4.57. The van der Waals surface area contributed by atoms with Gasteiger partial charge in [0.15, 0.2) is 0 Å². The highest BCUT2D eigenvalue weighted by Gasteiger charge is 2.41. The summed E-state index contributed by atoms with van der Waals surface area (Å²) in [7, 11) is 0. The smallest absolute Gasteiger partial charge is 0.301 e. The molecule has 0 bridgehead atoms. The summed E-state index contributed by atoms with van der Waals surface area (Å²) in [6, 6.07) is 0.356. The average Bonchev–Trinajstić information content (AvgIpc) is 2.03. The van der Waals surface area contributed by atoms with Crippen LogP contribution in [0.4, 0.5) is 13.2 Å². The Hall–Kier alpha value is -0.250. The lowest BCUT2D eigenvalue weighted by molar-refractivity contribution is -0.124. The van der Waals surface area contributed by atoms with Crippen LogP contribution in [0.2, 0.25) is 0 Å². The van der Waals surface area contributed by atoms with Gasteiger partial charge < -0.3 is 4.90 Å². The lowest BCUT2D eigenvalue weighted by atomic mass is 9.95. The Morgan fingerprint density at radius 3 is 1.92 bits per heavy atom. The predicted octanol–water partition coefficient (Wildman–Crippen LogP) is 2.63. The monoisotopic (exact) mass is 194 g/mol. The van der Waals surface area contributed by atoms with Gasteiger partial charge in [-0.15, -0.1) is 0 Å². The molecule has 0 atom stereocenters. The van der Waals surface area contributed by atoms with Crippen molar-refractivity contribution in [3.63, 3.8) is 0 Å². The summed E-state index contributed by atoms with van der Waals surface area (Å²) >= 11 is 0. The van der Waals surface area contributed by atoms with E-state index in [2.05, 4.69) is 4.90 Å². The molecule has 1 heterocycles. The summed E-state index contributed by atoms with van der Waals surface area (Å²) in [4.78, 5) is 2.08. The SMILES string of the molecule is CC(C)N1CC[C](C(F)(F)F)CC1. The second kappa shape index (κ2) is 3.86. The first kappa shape index (κ1) is 10.8. The fraction of sp³-hybridized carbons (Fsp3) is 0.889. The first-order chi connectivity index (χ1) is 5.91. The molecule has 1 fully saturated rings. The van der Waals surface area contributed by atoms with E-state index in [0.717, 1.165) is 0 Å². The summed E-state index contributed by atoms with van der Waals surface area (Å²) in [5.74, 6) is -0.246. The van der Waals surface area contributed by atoms with E-state index in [0.29, 0.717) is 19.1 Å². The molecule has 0 aromatic carbocycles. The third-order valence-electron chi connectivity index (χ3n) is 2.53. The molecule has 77 valence electrons. The zero-order chi connectivity index (χ0) is 10.1. The molecule has 4 heteroatoms. The zero-order valence-electron chi connectivity index (χ0n) is 7.99. The second-order valence-corrected chi connectivity index (χ2v) is 3.73. The predicted molar refractivity (Wildman–Crippen MR) is 45.2 cm³/mol. The number of hydrogen-bond acceptors (Lipinski definition) is 1. The highest BCUT2D eigenvalue weighted by molar-refractivity contribution is 5.01. The summed E-state index contributed by atoms with van der Waals surface area (Å²) in [5, 5.41) is 0. The van der Waals surface area contributed by atoms with Gasteiger partial charge in [0.2, 0.25) is 0 Å². The van der Waals surface area contributed by atoms with Crippen LogP contribution in [0.25, 0.3) is 0 Å². The standard InChI is InChI=1S/C9H15F3N/c1-7(2)13-5-3-8(4-6-13)9(10,11)12/h7H,3-6H2,1-2H3. The van der Waals surface area contributed by atoms with E-state index in [1.807, 2.05) is 13.8 Å². The van der Waals surface area contributed by atoms with Crippen LogP contribution in [0.1, 0.15) is 26.7 Å². The van der Waals surface area contributed by atoms with Gasteiger partial charge in [0.25, 0.3) is 0 Å². The van der Waals surface area contributed by atoms with E-state index in [1.54, 1.807) is 0 Å². The number of likely N-dealkylation sites (tertiary alicyclic amines) is 1. The van der Waals surface area contributed by atoms with Crippen molar-refractivity contribution in [3.05, 3.63) is 5.92 Å². The zero-order valence-corrected chi connectivity index (χ0v) is 7.99. The minimum atomic E-state index is -4.07. The summed E-state index contributed by atoms with van der Waals surface area (Å²) in [6.45, 7) is 5.12. The minimum Gasteiger partial charge on any atom is -0.301 e. The molecule has 0 amide bonds. The van der Waals surface area contributed by atoms with Crippen molar-refractivity contribution in [2.75, 3.05) is 13.1 Å². The number of halogens is 3. The lowest BCUT2D eigenvalue weighted by Gasteiger charge is -2.34. The molecule has 1 aliphatic heterocycles. The fourth-order valence-electron chi connectivity index (χ4n) is 1.59. The molecule has 0 spiro atoms. The fourth-order valence-corrected chi connectivity index (χ4v) is 1.59. The number of piperidine rings is 1. The van der Waals surface area contributed by atoms with E-state index >= 15 is 0 Å². The van der Waals surface area contributed by atoms with Gasteiger partial charge in [-0.2, -0.15) is 13.2 Å². The Kier molecular flexibility index (Phi) is 3.22. The molecule has 0 aromatic heterocycles. The van der Waals surface area contributed by atoms with Crippen LogP contribution in [0.3, 0.4) is 0 Å². The molecular weight excluding hydrogens is 179 g/mol. The maximum Gasteiger partial charge on any atom is 0.395 e. The quantitative estimate of drug-likeness (QED) is 0.620. The Bertz CT molecular complexity index is 157. The van der Waals surface area contributed by atoms with Crippen LogP contribution in [0, 0.1) is 5.92 Å². The maximum atomic E-state index is 12.2. The van der Waals surface area contributed by atoms with Crippen molar-refractivity contribution in [1.29, 1.82) is 0 Å². The summed E-state index contributed by atoms with van der Waals surface area (Å²) in [5.41, 5.74) is 0. The van der Waals surface area contributed by atoms with Crippen LogP contribution in [-0.2, 0) is 0 Å². The van der Waals surface area contributed by atoms with Gasteiger partial charge >= 0.3 is 6.18 Å². The van der Waals surface area contributed by atoms with Gasteiger partial charge in [0.05, 0.1) is 5.92 Å². The van der Waals surface area contributed by atoms with Gasteiger partial charge in [0, 0.05) is 6.04 Å². The van der Waals surface area contributed by atoms with Crippen LogP contribution in [0.15, 0.2) is 0 Å². The van der Waals surface area contributed by atoms with Gasteiger partial charge in [-0.3, -0.25) is 0 Å². The Balaban J connectivity index is 2.39. The maximum absolute atomic E-state index is 12.2. The highest BCUT2D eigenvalue weighted by Crippen LogP contribution is 2.36. The van der Waals surface area contributed by atoms with E-state index in [4.69, 9.17) is 0 Å². The van der Waals surface area contributed by atoms with E-state index < -0.39 is 6.18 Å². The van der Waals surface area contributed by atoms with Crippen molar-refractivity contribution in [3.8, 4) is 0 Å². The van der Waals surface area contributed by atoms with Gasteiger partial charge in [-0.05, 0) is 39.8 Å². The molecule has 1 nitrogen and oxygen atoms in total. The van der Waals surface area contributed by atoms with Crippen LogP contribution >= 0.6 is 0 Å². The van der Waals surface area contributed by atoms with Gasteiger partial charge in [0.1, 0.15) is 0 Å². The molecule has 1 radical (unpaired) electrons. The minimum absolute atomic E-state index is 0.182. The molecule has 1 saturated heterocycles. The van der Waals surface area contributed by atoms with Gasteiger partial charge in [-0.1, -0.05) is 0 Å². The Labute approximate surface area is 76.9 Å². The third-order valence-corrected chi connectivity index (χ3v) is 2.53. The van der Waals surface area contributed by atoms with E-state index in [-0.39, 0.29) is 18.8 Å². The Morgan fingerprint density at radius 2 is 1.62 bits per heavy atom. The first-order valence-corrected chi connectivity index (χ1v) is 4.57. The van der Waals surface area contributed by atoms with Gasteiger partial charge in [-0.25, -0.2) is 0 Å². The summed E-state index contributed by atoms with van der Waals surface area (Å²) < 4.78 is 36.6. The molecule has 13 heavy (non-hydrogen) atoms. The Morgan fingerprint density at radius 1 is 1.15 bits per heavy atom. The van der Waals surface area contributed by atoms with Crippen molar-refractivity contribution in [2.45, 2.75) is 38.9 Å². The molecule has 0 aromatic rings. The lowest BCUT2D eigenvalue weighted by Crippen LogP contribution is -2.41. The number of nitrogens with zero attached hydrogens (tertiary/aromatic N) is 1. The van der Waals surface area contributed by atoms with E-state index in [9.17, 15) is 13.2 Å². The molecular formula is C9H15F3N. The van der Waals surface area contributed by atoms with Crippen LogP contribution in [0.5, 0.6) is 0 Å². The number of hydrogen-bond donors (Lipinski definition) is 0. The second-order valence-electron chi connectivity index (χ2n) is 3.73. The van der Waals surface area contributed by atoms with Crippen molar-refractivity contribution in [1.82, 2.24) is 4.90 Å². The van der Waals surface area contributed by atoms with Crippen molar-refractivity contribution >= 4 is 0 Å². The molecule has 0 unspecified atom stereocenters. The number of alkyl halides is 3. The normalized spacial score (nSPS) is 22.6. The molecule has 0 aliphatic carbocycles. The largest absolute Gasteiger partial charge is 0.395 e. The van der Waals surface area contributed by atoms with Crippen molar-refractivity contribution in [2.24, 2.45) is 0 Å². The van der Waals surface area contributed by atoms with Crippen molar-refractivity contribution < 1.29 is 13.2 Å². The molecule has 0 N–H and O–H groups in total. The molecule has 0 saturated carbocycles. The van der Waals surface area contributed by atoms with Crippen LogP contribution < -0.4 is 0 Å². The highest BCUT2D eigenvalue weighted by atomic mass is 19.4. The molecule has 1 rings (SSSR count). The number of rotatable bonds is 1. The van der Waals surface area contributed by atoms with Crippen LogP contribution in [-0.4, -0.2) is 30.2 Å². The third kappa shape index (κ3) is 2.86. The molecule has 1 aliphatic rings. The average molecular weight is 194 g/mol. The topological polar surface area (TPSA) is 3.24 Å².